The van der Waals surface area contributed by atoms with Gasteiger partial charge in [-0.1, -0.05) is 11.6 Å². The Bertz CT molecular complexity index is 1410. The first kappa shape index (κ1) is 23.1. The van der Waals surface area contributed by atoms with E-state index in [-0.39, 0.29) is 24.2 Å². The summed E-state index contributed by atoms with van der Waals surface area (Å²) >= 11 is 5.92. The van der Waals surface area contributed by atoms with Gasteiger partial charge in [-0.3, -0.25) is 14.5 Å². The van der Waals surface area contributed by atoms with Crippen LogP contribution in [-0.4, -0.2) is 32.9 Å². The highest BCUT2D eigenvalue weighted by Crippen LogP contribution is 2.39. The Labute approximate surface area is 203 Å². The van der Waals surface area contributed by atoms with E-state index in [4.69, 9.17) is 22.3 Å². The van der Waals surface area contributed by atoms with Crippen LogP contribution < -0.4 is 10.6 Å². The molecule has 0 unspecified atom stereocenters. The third kappa shape index (κ3) is 3.97. The molecule has 1 amide bonds. The quantitative estimate of drug-likeness (QED) is 0.523. The molecule has 1 atom stereocenters. The van der Waals surface area contributed by atoms with Crippen LogP contribution in [0.15, 0.2) is 53.3 Å². The van der Waals surface area contributed by atoms with E-state index in [0.717, 1.165) is 22.9 Å². The average molecular weight is 501 g/mol. The molecule has 1 aromatic carbocycles. The number of halogens is 4. The standard InChI is InChI=1S/C24H20ClF3N6O/c1-12-7-19(14-3-6-20(29)30-9-14)32-21(12)16-10-31-34-13(2)11-33(23(35)22(16)34)15-4-5-17(18(25)8-15)24(26,27)28/h3-6,8-10,13H,7,11H2,1-2H3,(H2,29,30)/t13-/m0/s1. The second kappa shape index (κ2) is 8.23. The van der Waals surface area contributed by atoms with Crippen molar-refractivity contribution in [3.05, 3.63) is 75.7 Å². The van der Waals surface area contributed by atoms with E-state index in [9.17, 15) is 18.0 Å². The van der Waals surface area contributed by atoms with Gasteiger partial charge < -0.3 is 10.6 Å². The van der Waals surface area contributed by atoms with Crippen molar-refractivity contribution in [3.8, 4) is 0 Å². The minimum atomic E-state index is -4.58. The molecule has 0 saturated carbocycles. The molecule has 2 aliphatic heterocycles. The van der Waals surface area contributed by atoms with Crippen molar-refractivity contribution < 1.29 is 18.0 Å². The van der Waals surface area contributed by atoms with Crippen molar-refractivity contribution in [1.29, 1.82) is 0 Å². The van der Waals surface area contributed by atoms with Crippen molar-refractivity contribution in [1.82, 2.24) is 14.8 Å². The highest BCUT2D eigenvalue weighted by atomic mass is 35.5. The number of anilines is 2. The number of nitrogen functional groups attached to an aromatic ring is 1. The fraction of sp³-hybridized carbons (Fsp3) is 0.250. The van der Waals surface area contributed by atoms with Crippen LogP contribution in [0.3, 0.4) is 0 Å². The molecule has 0 radical (unpaired) electrons. The number of allylic oxidation sites excluding steroid dienone is 1. The van der Waals surface area contributed by atoms with Crippen LogP contribution in [0.25, 0.3) is 5.70 Å². The summed E-state index contributed by atoms with van der Waals surface area (Å²) in [5.74, 6) is 0.0236. The molecular weight excluding hydrogens is 481 g/mol. The molecule has 35 heavy (non-hydrogen) atoms. The zero-order valence-electron chi connectivity index (χ0n) is 18.8. The second-order valence-corrected chi connectivity index (χ2v) is 9.02. The Morgan fingerprint density at radius 2 is 1.94 bits per heavy atom. The summed E-state index contributed by atoms with van der Waals surface area (Å²) in [4.78, 5) is 23.9. The Morgan fingerprint density at radius 3 is 2.60 bits per heavy atom. The van der Waals surface area contributed by atoms with E-state index in [0.29, 0.717) is 29.2 Å². The van der Waals surface area contributed by atoms with Crippen molar-refractivity contribution >= 4 is 40.4 Å². The van der Waals surface area contributed by atoms with Crippen LogP contribution in [0.4, 0.5) is 24.7 Å². The third-order valence-corrected chi connectivity index (χ3v) is 6.45. The van der Waals surface area contributed by atoms with Crippen LogP contribution in [0, 0.1) is 0 Å². The molecule has 0 spiro atoms. The number of carbonyl (C=O) groups excluding carboxylic acids is 1. The molecule has 2 N–H and O–H groups in total. The summed E-state index contributed by atoms with van der Waals surface area (Å²) in [5.41, 5.74) is 9.15. The van der Waals surface area contributed by atoms with Gasteiger partial charge in [0.1, 0.15) is 11.5 Å². The Morgan fingerprint density at radius 1 is 1.17 bits per heavy atom. The molecule has 2 aromatic heterocycles. The van der Waals surface area contributed by atoms with Gasteiger partial charge in [-0.2, -0.15) is 18.3 Å². The van der Waals surface area contributed by atoms with Gasteiger partial charge in [-0.05, 0) is 49.8 Å². The van der Waals surface area contributed by atoms with Gasteiger partial charge in [0.15, 0.2) is 0 Å². The normalized spacial score (nSPS) is 18.2. The van der Waals surface area contributed by atoms with E-state index in [1.165, 1.54) is 17.0 Å². The molecule has 180 valence electrons. The van der Waals surface area contributed by atoms with Gasteiger partial charge in [-0.25, -0.2) is 4.98 Å². The summed E-state index contributed by atoms with van der Waals surface area (Å²) in [6, 6.07) is 6.65. The number of carbonyl (C=O) groups is 1. The summed E-state index contributed by atoms with van der Waals surface area (Å²) < 4.78 is 41.1. The minimum absolute atomic E-state index is 0.218. The topological polar surface area (TPSA) is 89.4 Å². The van der Waals surface area contributed by atoms with Crippen LogP contribution >= 0.6 is 11.6 Å². The number of hydrogen-bond donors (Lipinski definition) is 1. The van der Waals surface area contributed by atoms with E-state index in [1.54, 1.807) is 23.1 Å². The lowest BCUT2D eigenvalue weighted by Gasteiger charge is -2.32. The maximum Gasteiger partial charge on any atom is 0.417 e. The largest absolute Gasteiger partial charge is 0.417 e. The van der Waals surface area contributed by atoms with E-state index >= 15 is 0 Å². The van der Waals surface area contributed by atoms with Gasteiger partial charge in [0.25, 0.3) is 5.91 Å². The molecular formula is C24H20ClF3N6O. The van der Waals surface area contributed by atoms with E-state index in [1.807, 2.05) is 19.9 Å². The fourth-order valence-electron chi connectivity index (χ4n) is 4.40. The van der Waals surface area contributed by atoms with Gasteiger partial charge in [0.2, 0.25) is 0 Å². The number of hydrogen-bond acceptors (Lipinski definition) is 5. The van der Waals surface area contributed by atoms with Gasteiger partial charge >= 0.3 is 6.18 Å². The molecule has 11 heteroatoms. The predicted molar refractivity (Wildman–Crippen MR) is 127 cm³/mol. The first-order valence-corrected chi connectivity index (χ1v) is 11.2. The predicted octanol–water partition coefficient (Wildman–Crippen LogP) is 5.38. The molecule has 3 aromatic rings. The number of alkyl halides is 3. The first-order valence-electron chi connectivity index (χ1n) is 10.8. The van der Waals surface area contributed by atoms with Crippen molar-refractivity contribution in [2.45, 2.75) is 32.5 Å². The fourth-order valence-corrected chi connectivity index (χ4v) is 4.68. The number of fused-ring (bicyclic) bond motifs is 1. The molecule has 7 nitrogen and oxygen atoms in total. The number of nitrogens with two attached hydrogens (primary N) is 1. The highest BCUT2D eigenvalue weighted by Gasteiger charge is 2.37. The lowest BCUT2D eigenvalue weighted by molar-refractivity contribution is -0.137. The van der Waals surface area contributed by atoms with Crippen LogP contribution in [0.5, 0.6) is 0 Å². The number of benzene rings is 1. The van der Waals surface area contributed by atoms with Gasteiger partial charge in [-0.15, -0.1) is 0 Å². The number of aromatic nitrogens is 3. The minimum Gasteiger partial charge on any atom is -0.384 e. The number of amides is 1. The Balaban J connectivity index is 1.52. The lowest BCUT2D eigenvalue weighted by atomic mass is 10.0. The molecule has 0 fully saturated rings. The Kier molecular flexibility index (Phi) is 5.43. The Hall–Kier alpha value is -3.66. The first-order chi connectivity index (χ1) is 16.5. The zero-order valence-corrected chi connectivity index (χ0v) is 19.5. The van der Waals surface area contributed by atoms with Crippen LogP contribution in [-0.2, 0) is 6.18 Å². The molecule has 5 rings (SSSR count). The maximum atomic E-state index is 13.6. The summed E-state index contributed by atoms with van der Waals surface area (Å²) in [6.45, 7) is 4.05. The summed E-state index contributed by atoms with van der Waals surface area (Å²) in [6.07, 6.45) is -0.739. The number of pyridine rings is 1. The monoisotopic (exact) mass is 500 g/mol. The van der Waals surface area contributed by atoms with Crippen molar-refractivity contribution in [2.75, 3.05) is 17.2 Å². The van der Waals surface area contributed by atoms with Gasteiger partial charge in [0.05, 0.1) is 39.8 Å². The van der Waals surface area contributed by atoms with Crippen molar-refractivity contribution in [3.63, 3.8) is 0 Å². The lowest BCUT2D eigenvalue weighted by Crippen LogP contribution is -2.43. The molecule has 4 heterocycles. The smallest absolute Gasteiger partial charge is 0.384 e. The molecule has 0 bridgehead atoms. The maximum absolute atomic E-state index is 13.6. The van der Waals surface area contributed by atoms with E-state index < -0.39 is 16.8 Å². The summed E-state index contributed by atoms with van der Waals surface area (Å²) in [7, 11) is 0. The number of aliphatic imine (C=N–C) groups is 1. The van der Waals surface area contributed by atoms with Crippen LogP contribution in [0.1, 0.15) is 53.5 Å². The number of rotatable bonds is 3. The second-order valence-electron chi connectivity index (χ2n) is 8.61. The number of nitrogens with zero attached hydrogens (tertiary/aromatic N) is 5. The summed E-state index contributed by atoms with van der Waals surface area (Å²) in [5, 5.41) is 3.97. The third-order valence-electron chi connectivity index (χ3n) is 6.14. The van der Waals surface area contributed by atoms with Gasteiger partial charge in [0, 0.05) is 30.4 Å². The molecule has 2 aliphatic rings. The zero-order chi connectivity index (χ0) is 25.1. The van der Waals surface area contributed by atoms with Crippen molar-refractivity contribution in [2.24, 2.45) is 4.99 Å². The van der Waals surface area contributed by atoms with E-state index in [2.05, 4.69) is 10.1 Å². The van der Waals surface area contributed by atoms with Crippen LogP contribution in [0.2, 0.25) is 5.02 Å². The average Bonchev–Trinajstić information content (AvgIpc) is 3.40. The highest BCUT2D eigenvalue weighted by molar-refractivity contribution is 6.31. The molecule has 0 aliphatic carbocycles. The molecule has 0 saturated heterocycles. The SMILES string of the molecule is CC1=C(c2cnn3c2C(=O)N(c2ccc(C(F)(F)F)c(Cl)c2)C[C@@H]3C)N=C(c2ccc(N)nc2)C1.